The molecule has 13 heavy (non-hydrogen) atoms. The van der Waals surface area contributed by atoms with Crippen molar-refractivity contribution in [3.8, 4) is 0 Å². The summed E-state index contributed by atoms with van der Waals surface area (Å²) in [5.74, 6) is -0.0547. The number of carbonyl (C=O) groups is 2. The smallest absolute Gasteiger partial charge is 0.330 e. The van der Waals surface area contributed by atoms with Gasteiger partial charge in [0, 0.05) is 12.8 Å². The zero-order chi connectivity index (χ0) is 9.84. The summed E-state index contributed by atoms with van der Waals surface area (Å²) in [6.45, 7) is 0. The van der Waals surface area contributed by atoms with Crippen LogP contribution in [0.25, 0.3) is 0 Å². The highest BCUT2D eigenvalue weighted by molar-refractivity contribution is 9.25. The third kappa shape index (κ3) is 3.77. The van der Waals surface area contributed by atoms with Crippen LogP contribution < -0.4 is 0 Å². The number of ether oxygens (including phenoxy) is 1. The SMILES string of the molecule is O=C1CCC(OC(=O)C(Br)Br)CC1. The van der Waals surface area contributed by atoms with Gasteiger partial charge in [0.25, 0.3) is 0 Å². The average molecular weight is 314 g/mol. The van der Waals surface area contributed by atoms with E-state index in [1.54, 1.807) is 0 Å². The van der Waals surface area contributed by atoms with Crippen molar-refractivity contribution in [2.24, 2.45) is 0 Å². The molecule has 1 fully saturated rings. The largest absolute Gasteiger partial charge is 0.461 e. The van der Waals surface area contributed by atoms with Crippen LogP contribution in [0.3, 0.4) is 0 Å². The van der Waals surface area contributed by atoms with Crippen LogP contribution in [0, 0.1) is 0 Å². The van der Waals surface area contributed by atoms with Crippen molar-refractivity contribution in [3.63, 3.8) is 0 Å². The number of carbonyl (C=O) groups excluding carboxylic acids is 2. The topological polar surface area (TPSA) is 43.4 Å². The van der Waals surface area contributed by atoms with Crippen molar-refractivity contribution >= 4 is 43.6 Å². The molecule has 0 aliphatic heterocycles. The fraction of sp³-hybridized carbons (Fsp3) is 0.750. The van der Waals surface area contributed by atoms with Crippen LogP contribution in [0.15, 0.2) is 0 Å². The summed E-state index contributed by atoms with van der Waals surface area (Å²) < 4.78 is 4.67. The highest BCUT2D eigenvalue weighted by atomic mass is 79.9. The molecule has 0 amide bonds. The first kappa shape index (κ1) is 11.2. The minimum absolute atomic E-state index is 0.0807. The van der Waals surface area contributed by atoms with Gasteiger partial charge in [-0.15, -0.1) is 0 Å². The number of rotatable bonds is 2. The zero-order valence-corrected chi connectivity index (χ0v) is 10.1. The number of Topliss-reactive ketones (excluding diaryl/α,β-unsaturated/α-hetero) is 1. The Labute approximate surface area is 93.5 Å². The first-order valence-electron chi connectivity index (χ1n) is 4.10. The number of ketones is 1. The van der Waals surface area contributed by atoms with E-state index in [4.69, 9.17) is 4.74 Å². The molecule has 0 heterocycles. The lowest BCUT2D eigenvalue weighted by Crippen LogP contribution is -2.26. The van der Waals surface area contributed by atoms with E-state index in [-0.39, 0.29) is 17.9 Å². The Bertz CT molecular complexity index is 205. The summed E-state index contributed by atoms with van der Waals surface area (Å²) in [5, 5.41) is 0. The van der Waals surface area contributed by atoms with Gasteiger partial charge in [0.2, 0.25) is 0 Å². The Morgan fingerprint density at radius 2 is 1.92 bits per heavy atom. The monoisotopic (exact) mass is 312 g/mol. The summed E-state index contributed by atoms with van der Waals surface area (Å²) >= 11 is 6.11. The van der Waals surface area contributed by atoms with Gasteiger partial charge in [0.15, 0.2) is 3.74 Å². The first-order valence-corrected chi connectivity index (χ1v) is 5.93. The van der Waals surface area contributed by atoms with E-state index in [1.807, 2.05) is 0 Å². The van der Waals surface area contributed by atoms with E-state index in [0.717, 1.165) is 0 Å². The van der Waals surface area contributed by atoms with Crippen LogP contribution in [0.5, 0.6) is 0 Å². The Kier molecular flexibility index (Phi) is 4.38. The fourth-order valence-corrected chi connectivity index (χ4v) is 1.46. The Hall–Kier alpha value is 0.1000. The molecule has 0 aromatic carbocycles. The Balaban J connectivity index is 2.30. The minimum Gasteiger partial charge on any atom is -0.461 e. The standard InChI is InChI=1S/C8H10Br2O3/c9-7(10)8(12)13-6-3-1-5(11)2-4-6/h6-7H,1-4H2. The van der Waals surface area contributed by atoms with Gasteiger partial charge in [0.05, 0.1) is 0 Å². The normalized spacial score (nSPS) is 19.2. The van der Waals surface area contributed by atoms with Crippen molar-refractivity contribution in [3.05, 3.63) is 0 Å². The third-order valence-electron chi connectivity index (χ3n) is 1.95. The van der Waals surface area contributed by atoms with Crippen LogP contribution in [-0.4, -0.2) is 21.6 Å². The van der Waals surface area contributed by atoms with E-state index < -0.39 is 3.74 Å². The van der Waals surface area contributed by atoms with Gasteiger partial charge in [-0.2, -0.15) is 0 Å². The maximum absolute atomic E-state index is 11.1. The van der Waals surface area contributed by atoms with Crippen LogP contribution in [0.1, 0.15) is 25.7 Å². The lowest BCUT2D eigenvalue weighted by Gasteiger charge is -2.21. The molecule has 74 valence electrons. The number of halogens is 2. The summed E-state index contributed by atoms with van der Waals surface area (Å²) in [7, 11) is 0. The van der Waals surface area contributed by atoms with E-state index >= 15 is 0 Å². The number of hydrogen-bond donors (Lipinski definition) is 0. The highest BCUT2D eigenvalue weighted by Gasteiger charge is 2.23. The van der Waals surface area contributed by atoms with Crippen LogP contribution in [0.2, 0.25) is 0 Å². The van der Waals surface area contributed by atoms with Crippen molar-refractivity contribution < 1.29 is 14.3 Å². The van der Waals surface area contributed by atoms with Crippen molar-refractivity contribution in [2.75, 3.05) is 0 Å². The van der Waals surface area contributed by atoms with Gasteiger partial charge >= 0.3 is 5.97 Å². The van der Waals surface area contributed by atoms with Crippen LogP contribution >= 0.6 is 31.9 Å². The molecule has 0 radical (unpaired) electrons. The van der Waals surface area contributed by atoms with E-state index in [2.05, 4.69) is 31.9 Å². The third-order valence-corrected chi connectivity index (χ3v) is 2.70. The van der Waals surface area contributed by atoms with Crippen molar-refractivity contribution in [1.29, 1.82) is 0 Å². The fourth-order valence-electron chi connectivity index (χ4n) is 1.25. The lowest BCUT2D eigenvalue weighted by molar-refractivity contribution is -0.149. The molecular weight excluding hydrogens is 304 g/mol. The van der Waals surface area contributed by atoms with Crippen LogP contribution in [-0.2, 0) is 14.3 Å². The van der Waals surface area contributed by atoms with Crippen molar-refractivity contribution in [2.45, 2.75) is 35.5 Å². The second-order valence-corrected chi connectivity index (χ2v) is 6.04. The molecule has 3 nitrogen and oxygen atoms in total. The van der Waals surface area contributed by atoms with E-state index in [1.165, 1.54) is 0 Å². The molecular formula is C8H10Br2O3. The molecule has 5 heteroatoms. The maximum Gasteiger partial charge on any atom is 0.330 e. The lowest BCUT2D eigenvalue weighted by atomic mass is 9.97. The summed E-state index contributed by atoms with van der Waals surface area (Å²) in [4.78, 5) is 22.0. The molecule has 0 N–H and O–H groups in total. The zero-order valence-electron chi connectivity index (χ0n) is 6.96. The molecule has 1 rings (SSSR count). The van der Waals surface area contributed by atoms with Crippen molar-refractivity contribution in [1.82, 2.24) is 0 Å². The second-order valence-electron chi connectivity index (χ2n) is 2.98. The molecule has 0 aromatic rings. The first-order chi connectivity index (χ1) is 6.09. The number of esters is 1. The average Bonchev–Trinajstić information content (AvgIpc) is 2.08. The molecule has 0 bridgehead atoms. The molecule has 0 atom stereocenters. The maximum atomic E-state index is 11.1. The summed E-state index contributed by atoms with van der Waals surface area (Å²) in [5.41, 5.74) is 0. The molecule has 0 spiro atoms. The van der Waals surface area contributed by atoms with Crippen LogP contribution in [0.4, 0.5) is 0 Å². The predicted octanol–water partition coefficient (Wildman–Crippen LogP) is 2.16. The van der Waals surface area contributed by atoms with Gasteiger partial charge in [-0.05, 0) is 12.8 Å². The van der Waals surface area contributed by atoms with Gasteiger partial charge < -0.3 is 4.74 Å². The number of alkyl halides is 2. The van der Waals surface area contributed by atoms with Gasteiger partial charge in [-0.3, -0.25) is 4.79 Å². The molecule has 1 saturated carbocycles. The molecule has 1 aliphatic rings. The summed E-state index contributed by atoms with van der Waals surface area (Å²) in [6, 6.07) is 0. The van der Waals surface area contributed by atoms with Gasteiger partial charge in [0.1, 0.15) is 11.9 Å². The van der Waals surface area contributed by atoms with E-state index in [9.17, 15) is 9.59 Å². The van der Waals surface area contributed by atoms with E-state index in [0.29, 0.717) is 25.7 Å². The quantitative estimate of drug-likeness (QED) is 0.579. The Morgan fingerprint density at radius 1 is 1.38 bits per heavy atom. The molecule has 0 unspecified atom stereocenters. The predicted molar refractivity (Wildman–Crippen MR) is 55.0 cm³/mol. The number of hydrogen-bond acceptors (Lipinski definition) is 3. The second kappa shape index (κ2) is 5.10. The molecule has 0 saturated heterocycles. The molecule has 1 aliphatic carbocycles. The minimum atomic E-state index is -0.447. The molecule has 0 aromatic heterocycles. The van der Waals surface area contributed by atoms with Gasteiger partial charge in [-0.25, -0.2) is 4.79 Å². The Morgan fingerprint density at radius 3 is 2.38 bits per heavy atom. The highest BCUT2D eigenvalue weighted by Crippen LogP contribution is 2.20. The van der Waals surface area contributed by atoms with Gasteiger partial charge in [-0.1, -0.05) is 31.9 Å². The summed E-state index contributed by atoms with van der Waals surface area (Å²) in [6.07, 6.45) is 2.32.